The van der Waals surface area contributed by atoms with Gasteiger partial charge in [0.25, 0.3) is 0 Å². The number of thioether (sulfide) groups is 1. The summed E-state index contributed by atoms with van der Waals surface area (Å²) in [7, 11) is 0. The van der Waals surface area contributed by atoms with E-state index in [0.29, 0.717) is 0 Å². The number of aryl methyl sites for hydroxylation is 2. The molecule has 0 aliphatic carbocycles. The second-order valence-corrected chi connectivity index (χ2v) is 7.87. The van der Waals surface area contributed by atoms with Gasteiger partial charge in [-0.3, -0.25) is 0 Å². The molecule has 128 valence electrons. The largest absolute Gasteiger partial charge is 0.382 e. The van der Waals surface area contributed by atoms with Crippen molar-refractivity contribution in [3.63, 3.8) is 0 Å². The summed E-state index contributed by atoms with van der Waals surface area (Å²) < 4.78 is 0. The number of fused-ring (bicyclic) bond motifs is 1. The van der Waals surface area contributed by atoms with Crippen molar-refractivity contribution in [3.05, 3.63) is 65.2 Å². The Balaban J connectivity index is 1.40. The number of aliphatic hydroxyl groups excluding tert-OH is 1. The molecule has 0 amide bonds. The maximum absolute atomic E-state index is 10.6. The van der Waals surface area contributed by atoms with E-state index < -0.39 is 0 Å². The number of unbranched alkanes of at least 4 members (excludes halogenated alkanes) is 1. The van der Waals surface area contributed by atoms with Crippen LogP contribution in [0, 0.1) is 0 Å². The van der Waals surface area contributed by atoms with Crippen LogP contribution in [0.2, 0.25) is 0 Å². The lowest BCUT2D eigenvalue weighted by Crippen LogP contribution is -2.90. The molecule has 24 heavy (non-hydrogen) atoms. The molecule has 0 bridgehead atoms. The van der Waals surface area contributed by atoms with Gasteiger partial charge in [-0.25, -0.2) is 0 Å². The number of benzene rings is 2. The van der Waals surface area contributed by atoms with E-state index >= 15 is 0 Å². The van der Waals surface area contributed by atoms with Crippen LogP contribution < -0.4 is 5.32 Å². The van der Waals surface area contributed by atoms with Crippen LogP contribution in [0.1, 0.15) is 42.6 Å². The lowest BCUT2D eigenvalue weighted by Gasteiger charge is -2.18. The smallest absolute Gasteiger partial charge is 0.130 e. The molecule has 1 aliphatic heterocycles. The summed E-state index contributed by atoms with van der Waals surface area (Å²) in [5.74, 6) is 1.18. The van der Waals surface area contributed by atoms with Crippen molar-refractivity contribution < 1.29 is 10.4 Å². The second kappa shape index (κ2) is 8.70. The maximum atomic E-state index is 10.6. The molecule has 0 aromatic heterocycles. The van der Waals surface area contributed by atoms with Gasteiger partial charge in [0.2, 0.25) is 0 Å². The van der Waals surface area contributed by atoms with E-state index in [0.717, 1.165) is 24.9 Å². The number of aliphatic hydroxyl groups is 1. The van der Waals surface area contributed by atoms with Gasteiger partial charge in [-0.15, -0.1) is 11.8 Å². The SMILES string of the molecule is C[C@@H]([NH2+]CCCCc1ccccc1)[C@@H](O)c1ccc2c(c1)CCS2. The maximum Gasteiger partial charge on any atom is 0.130 e. The van der Waals surface area contributed by atoms with Crippen LogP contribution in [-0.2, 0) is 12.8 Å². The Morgan fingerprint density at radius 3 is 2.79 bits per heavy atom. The van der Waals surface area contributed by atoms with E-state index in [9.17, 15) is 5.11 Å². The first-order valence-electron chi connectivity index (χ1n) is 9.05. The van der Waals surface area contributed by atoms with Gasteiger partial charge in [-0.05, 0) is 55.4 Å². The number of hydrogen-bond acceptors (Lipinski definition) is 2. The van der Waals surface area contributed by atoms with Gasteiger partial charge in [0.1, 0.15) is 12.1 Å². The van der Waals surface area contributed by atoms with Crippen LogP contribution in [0.5, 0.6) is 0 Å². The molecule has 0 fully saturated rings. The van der Waals surface area contributed by atoms with Crippen molar-refractivity contribution in [1.82, 2.24) is 0 Å². The highest BCUT2D eigenvalue weighted by atomic mass is 32.2. The van der Waals surface area contributed by atoms with Crippen molar-refractivity contribution in [2.75, 3.05) is 12.3 Å². The Morgan fingerprint density at radius 2 is 1.96 bits per heavy atom. The molecule has 3 heteroatoms. The van der Waals surface area contributed by atoms with E-state index in [1.54, 1.807) is 0 Å². The highest BCUT2D eigenvalue weighted by Crippen LogP contribution is 2.33. The molecule has 0 saturated carbocycles. The van der Waals surface area contributed by atoms with Gasteiger partial charge in [0.15, 0.2) is 0 Å². The summed E-state index contributed by atoms with van der Waals surface area (Å²) in [6.45, 7) is 3.20. The standard InChI is InChI=1S/C21H27NOS/c1-16(22-13-6-5-9-17-7-3-2-4-8-17)21(23)19-10-11-20-18(15-19)12-14-24-20/h2-4,7-8,10-11,15-16,21-23H,5-6,9,12-14H2,1H3/p+1/t16-,21-/m1/s1. The molecule has 0 unspecified atom stereocenters. The Hall–Kier alpha value is -1.29. The average Bonchev–Trinajstić information content (AvgIpc) is 3.09. The zero-order valence-electron chi connectivity index (χ0n) is 14.4. The topological polar surface area (TPSA) is 36.8 Å². The van der Waals surface area contributed by atoms with Crippen molar-refractivity contribution >= 4 is 11.8 Å². The molecule has 0 saturated heterocycles. The zero-order valence-corrected chi connectivity index (χ0v) is 15.3. The first-order chi connectivity index (χ1) is 11.7. The first kappa shape index (κ1) is 17.5. The van der Waals surface area contributed by atoms with Crippen LogP contribution in [0.15, 0.2) is 53.4 Å². The molecule has 0 radical (unpaired) electrons. The molecule has 3 N–H and O–H groups in total. The van der Waals surface area contributed by atoms with Gasteiger partial charge >= 0.3 is 0 Å². The fourth-order valence-electron chi connectivity index (χ4n) is 3.32. The lowest BCUT2D eigenvalue weighted by atomic mass is 10.00. The van der Waals surface area contributed by atoms with E-state index in [1.165, 1.54) is 34.6 Å². The van der Waals surface area contributed by atoms with Gasteiger partial charge in [0.05, 0.1) is 6.54 Å². The summed E-state index contributed by atoms with van der Waals surface area (Å²) in [6.07, 6.45) is 4.30. The third-order valence-electron chi connectivity index (χ3n) is 4.85. The molecule has 2 nitrogen and oxygen atoms in total. The van der Waals surface area contributed by atoms with Crippen molar-refractivity contribution in [1.29, 1.82) is 0 Å². The summed E-state index contributed by atoms with van der Waals surface area (Å²) in [4.78, 5) is 1.39. The predicted octanol–water partition coefficient (Wildman–Crippen LogP) is 3.34. The Kier molecular flexibility index (Phi) is 6.36. The number of rotatable bonds is 8. The van der Waals surface area contributed by atoms with Crippen LogP contribution in [0.3, 0.4) is 0 Å². The fourth-order valence-corrected chi connectivity index (χ4v) is 4.37. The third kappa shape index (κ3) is 4.62. The van der Waals surface area contributed by atoms with Crippen molar-refractivity contribution in [2.24, 2.45) is 0 Å². The zero-order chi connectivity index (χ0) is 16.8. The average molecular weight is 343 g/mol. The summed E-state index contributed by atoms with van der Waals surface area (Å²) in [6, 6.07) is 17.4. The van der Waals surface area contributed by atoms with Crippen LogP contribution in [0.25, 0.3) is 0 Å². The lowest BCUT2D eigenvalue weighted by molar-refractivity contribution is -0.694. The molecule has 2 aromatic carbocycles. The molecule has 2 atom stereocenters. The van der Waals surface area contributed by atoms with Crippen LogP contribution in [0.4, 0.5) is 0 Å². The highest BCUT2D eigenvalue weighted by Gasteiger charge is 2.21. The third-order valence-corrected chi connectivity index (χ3v) is 5.97. The summed E-state index contributed by atoms with van der Waals surface area (Å²) >= 11 is 1.92. The predicted molar refractivity (Wildman–Crippen MR) is 101 cm³/mol. The first-order valence-corrected chi connectivity index (χ1v) is 10.0. The van der Waals surface area contributed by atoms with Crippen LogP contribution >= 0.6 is 11.8 Å². The van der Waals surface area contributed by atoms with Crippen molar-refractivity contribution in [2.45, 2.75) is 49.6 Å². The van der Waals surface area contributed by atoms with Gasteiger partial charge in [-0.2, -0.15) is 0 Å². The van der Waals surface area contributed by atoms with Gasteiger partial charge in [0, 0.05) is 10.6 Å². The minimum atomic E-state index is -0.380. The van der Waals surface area contributed by atoms with Gasteiger partial charge < -0.3 is 10.4 Å². The van der Waals surface area contributed by atoms with Gasteiger partial charge in [-0.1, -0.05) is 42.5 Å². The summed E-state index contributed by atoms with van der Waals surface area (Å²) in [5.41, 5.74) is 3.90. The minimum absolute atomic E-state index is 0.203. The molecule has 2 aromatic rings. The molecule has 0 spiro atoms. The van der Waals surface area contributed by atoms with Crippen molar-refractivity contribution in [3.8, 4) is 0 Å². The Bertz CT molecular complexity index is 644. The van der Waals surface area contributed by atoms with E-state index in [1.807, 2.05) is 11.8 Å². The number of quaternary nitrogens is 1. The Labute approximate surface area is 149 Å². The number of nitrogens with two attached hydrogens (primary N) is 1. The highest BCUT2D eigenvalue weighted by molar-refractivity contribution is 7.99. The number of hydrogen-bond donors (Lipinski definition) is 2. The normalized spacial score (nSPS) is 15.9. The fraction of sp³-hybridized carbons (Fsp3) is 0.429. The monoisotopic (exact) mass is 342 g/mol. The summed E-state index contributed by atoms with van der Waals surface area (Å²) in [5, 5.41) is 12.9. The quantitative estimate of drug-likeness (QED) is 0.722. The van der Waals surface area contributed by atoms with E-state index in [2.05, 4.69) is 60.8 Å². The molecule has 1 aliphatic rings. The van der Waals surface area contributed by atoms with Crippen LogP contribution in [-0.4, -0.2) is 23.4 Å². The molecule has 3 rings (SSSR count). The van der Waals surface area contributed by atoms with E-state index in [4.69, 9.17) is 0 Å². The minimum Gasteiger partial charge on any atom is -0.382 e. The Morgan fingerprint density at radius 1 is 1.12 bits per heavy atom. The van der Waals surface area contributed by atoms with E-state index in [-0.39, 0.29) is 12.1 Å². The second-order valence-electron chi connectivity index (χ2n) is 6.74. The molecular weight excluding hydrogens is 314 g/mol. The molecular formula is C21H28NOS+. The molecule has 1 heterocycles.